The molecule has 0 radical (unpaired) electrons. The highest BCUT2D eigenvalue weighted by Crippen LogP contribution is 2.37. The van der Waals surface area contributed by atoms with Crippen LogP contribution in [0.15, 0.2) is 6.33 Å². The smallest absolute Gasteiger partial charge is 0.138 e. The summed E-state index contributed by atoms with van der Waals surface area (Å²) in [6.45, 7) is 3.69. The molecule has 0 spiro atoms. The van der Waals surface area contributed by atoms with E-state index in [0.717, 1.165) is 12.4 Å². The fourth-order valence-corrected chi connectivity index (χ4v) is 2.65. The van der Waals surface area contributed by atoms with Crippen LogP contribution in [0.5, 0.6) is 0 Å². The fourth-order valence-electron chi connectivity index (χ4n) is 2.65. The van der Waals surface area contributed by atoms with Gasteiger partial charge in [0.05, 0.1) is 0 Å². The molecule has 2 rings (SSSR count). The molecule has 1 fully saturated rings. The lowest BCUT2D eigenvalue weighted by molar-refractivity contribution is 0.274. The number of hydrogen-bond acceptors (Lipinski definition) is 3. The number of rotatable bonds is 3. The van der Waals surface area contributed by atoms with E-state index >= 15 is 0 Å². The van der Waals surface area contributed by atoms with Gasteiger partial charge in [0.15, 0.2) is 0 Å². The van der Waals surface area contributed by atoms with Crippen LogP contribution in [0.4, 0.5) is 0 Å². The first-order valence-corrected chi connectivity index (χ1v) is 5.91. The van der Waals surface area contributed by atoms with Gasteiger partial charge in [-0.05, 0) is 19.8 Å². The first-order valence-electron chi connectivity index (χ1n) is 5.91. The lowest BCUT2D eigenvalue weighted by Crippen LogP contribution is -2.39. The highest BCUT2D eigenvalue weighted by atomic mass is 15.3. The maximum Gasteiger partial charge on any atom is 0.138 e. The van der Waals surface area contributed by atoms with Gasteiger partial charge in [0.1, 0.15) is 12.2 Å². The van der Waals surface area contributed by atoms with Gasteiger partial charge in [-0.1, -0.05) is 19.3 Å². The second-order valence-corrected chi connectivity index (χ2v) is 4.44. The molecule has 84 valence electrons. The Morgan fingerprint density at radius 3 is 2.73 bits per heavy atom. The molecule has 15 heavy (non-hydrogen) atoms. The van der Waals surface area contributed by atoms with Crippen molar-refractivity contribution in [1.82, 2.24) is 14.8 Å². The predicted octanol–water partition coefficient (Wildman–Crippen LogP) is 1.46. The summed E-state index contributed by atoms with van der Waals surface area (Å²) in [7, 11) is 0. The summed E-state index contributed by atoms with van der Waals surface area (Å²) in [5.74, 6) is 1.10. The average molecular weight is 208 g/mol. The normalized spacial score (nSPS) is 20.4. The predicted molar refractivity (Wildman–Crippen MR) is 59.5 cm³/mol. The summed E-state index contributed by atoms with van der Waals surface area (Å²) in [5.41, 5.74) is 6.07. The van der Waals surface area contributed by atoms with Gasteiger partial charge in [0.25, 0.3) is 0 Å². The van der Waals surface area contributed by atoms with Crippen molar-refractivity contribution in [1.29, 1.82) is 0 Å². The van der Waals surface area contributed by atoms with Crippen molar-refractivity contribution in [2.45, 2.75) is 51.0 Å². The Balaban J connectivity index is 2.32. The van der Waals surface area contributed by atoms with E-state index in [4.69, 9.17) is 5.73 Å². The molecule has 1 aromatic heterocycles. The zero-order chi connectivity index (χ0) is 10.7. The fraction of sp³-hybridized carbons (Fsp3) is 0.818. The zero-order valence-electron chi connectivity index (χ0n) is 9.45. The SMILES string of the molecule is CCn1ncnc1C1(CN)CCCCC1. The number of aryl methyl sites for hydroxylation is 1. The van der Waals surface area contributed by atoms with Gasteiger partial charge >= 0.3 is 0 Å². The molecule has 1 saturated carbocycles. The Kier molecular flexibility index (Phi) is 3.05. The van der Waals surface area contributed by atoms with Crippen molar-refractivity contribution in [3.63, 3.8) is 0 Å². The van der Waals surface area contributed by atoms with Crippen LogP contribution in [0.2, 0.25) is 0 Å². The molecule has 1 aromatic rings. The van der Waals surface area contributed by atoms with Crippen molar-refractivity contribution in [3.05, 3.63) is 12.2 Å². The third-order valence-corrected chi connectivity index (χ3v) is 3.59. The summed E-state index contributed by atoms with van der Waals surface area (Å²) in [6.07, 6.45) is 7.87. The van der Waals surface area contributed by atoms with Gasteiger partial charge in [-0.15, -0.1) is 0 Å². The monoisotopic (exact) mass is 208 g/mol. The van der Waals surface area contributed by atoms with Crippen LogP contribution >= 0.6 is 0 Å². The first-order chi connectivity index (χ1) is 7.32. The van der Waals surface area contributed by atoms with E-state index in [1.54, 1.807) is 6.33 Å². The van der Waals surface area contributed by atoms with Crippen molar-refractivity contribution in [2.24, 2.45) is 5.73 Å². The van der Waals surface area contributed by atoms with Gasteiger partial charge in [-0.2, -0.15) is 5.10 Å². The molecular formula is C11H20N4. The van der Waals surface area contributed by atoms with E-state index in [2.05, 4.69) is 17.0 Å². The van der Waals surface area contributed by atoms with E-state index in [9.17, 15) is 0 Å². The van der Waals surface area contributed by atoms with Gasteiger partial charge in [0.2, 0.25) is 0 Å². The number of nitrogens with zero attached hydrogens (tertiary/aromatic N) is 3. The Bertz CT molecular complexity index is 312. The molecule has 2 N–H and O–H groups in total. The van der Waals surface area contributed by atoms with Gasteiger partial charge in [-0.25, -0.2) is 9.67 Å². The van der Waals surface area contributed by atoms with Gasteiger partial charge in [0, 0.05) is 18.5 Å². The maximum atomic E-state index is 5.97. The highest BCUT2D eigenvalue weighted by molar-refractivity contribution is 5.10. The Morgan fingerprint density at radius 2 is 2.13 bits per heavy atom. The molecule has 0 atom stereocenters. The largest absolute Gasteiger partial charge is 0.329 e. The Hall–Kier alpha value is -0.900. The number of nitrogens with two attached hydrogens (primary N) is 1. The summed E-state index contributed by atoms with van der Waals surface area (Å²) in [6, 6.07) is 0. The standard InChI is InChI=1S/C11H20N4/c1-2-15-10(13-9-14-15)11(8-12)6-4-3-5-7-11/h9H,2-8,12H2,1H3. The molecule has 1 aliphatic rings. The number of hydrogen-bond donors (Lipinski definition) is 1. The van der Waals surface area contributed by atoms with Crippen LogP contribution in [0.25, 0.3) is 0 Å². The molecular weight excluding hydrogens is 188 g/mol. The second-order valence-electron chi connectivity index (χ2n) is 4.44. The van der Waals surface area contributed by atoms with E-state index in [-0.39, 0.29) is 5.41 Å². The summed E-state index contributed by atoms with van der Waals surface area (Å²) in [4.78, 5) is 4.43. The molecule has 0 amide bonds. The minimum atomic E-state index is 0.102. The molecule has 0 saturated heterocycles. The van der Waals surface area contributed by atoms with Crippen molar-refractivity contribution in [3.8, 4) is 0 Å². The lowest BCUT2D eigenvalue weighted by atomic mass is 9.73. The summed E-state index contributed by atoms with van der Waals surface area (Å²) < 4.78 is 2.00. The van der Waals surface area contributed by atoms with Crippen LogP contribution < -0.4 is 5.73 Å². The second kappa shape index (κ2) is 4.31. The zero-order valence-corrected chi connectivity index (χ0v) is 9.45. The molecule has 0 aromatic carbocycles. The van der Waals surface area contributed by atoms with Crippen molar-refractivity contribution >= 4 is 0 Å². The van der Waals surface area contributed by atoms with Gasteiger partial charge < -0.3 is 5.73 Å². The Labute approximate surface area is 90.9 Å². The van der Waals surface area contributed by atoms with E-state index < -0.39 is 0 Å². The average Bonchev–Trinajstić information content (AvgIpc) is 2.78. The molecule has 0 aliphatic heterocycles. The van der Waals surface area contributed by atoms with E-state index in [0.29, 0.717) is 6.54 Å². The minimum absolute atomic E-state index is 0.102. The quantitative estimate of drug-likeness (QED) is 0.818. The topological polar surface area (TPSA) is 56.7 Å². The molecule has 0 bridgehead atoms. The third kappa shape index (κ3) is 1.78. The van der Waals surface area contributed by atoms with Crippen molar-refractivity contribution < 1.29 is 0 Å². The van der Waals surface area contributed by atoms with Crippen LogP contribution in [0.3, 0.4) is 0 Å². The van der Waals surface area contributed by atoms with Gasteiger partial charge in [-0.3, -0.25) is 0 Å². The molecule has 1 heterocycles. The lowest BCUT2D eigenvalue weighted by Gasteiger charge is -2.35. The third-order valence-electron chi connectivity index (χ3n) is 3.59. The first kappa shape index (κ1) is 10.6. The van der Waals surface area contributed by atoms with Crippen LogP contribution in [0.1, 0.15) is 44.9 Å². The van der Waals surface area contributed by atoms with E-state index in [1.807, 2.05) is 4.68 Å². The van der Waals surface area contributed by atoms with E-state index in [1.165, 1.54) is 32.1 Å². The minimum Gasteiger partial charge on any atom is -0.329 e. The molecule has 0 unspecified atom stereocenters. The molecule has 1 aliphatic carbocycles. The van der Waals surface area contributed by atoms with Crippen molar-refractivity contribution in [2.75, 3.05) is 6.54 Å². The summed E-state index contributed by atoms with van der Waals surface area (Å²) in [5, 5.41) is 4.25. The molecule has 4 nitrogen and oxygen atoms in total. The summed E-state index contributed by atoms with van der Waals surface area (Å²) >= 11 is 0. The maximum absolute atomic E-state index is 5.97. The highest BCUT2D eigenvalue weighted by Gasteiger charge is 2.36. The molecule has 4 heteroatoms. The van der Waals surface area contributed by atoms with Crippen LogP contribution in [-0.4, -0.2) is 21.3 Å². The number of aromatic nitrogens is 3. The van der Waals surface area contributed by atoms with Crippen LogP contribution in [-0.2, 0) is 12.0 Å². The Morgan fingerprint density at radius 1 is 1.40 bits per heavy atom. The van der Waals surface area contributed by atoms with Crippen LogP contribution in [0, 0.1) is 0 Å².